The van der Waals surface area contributed by atoms with E-state index in [2.05, 4.69) is 29.7 Å². The molecule has 5 nitrogen and oxygen atoms in total. The summed E-state index contributed by atoms with van der Waals surface area (Å²) in [5.74, 6) is -0.716. The monoisotopic (exact) mass is 576 g/mol. The largest absolute Gasteiger partial charge is 0.454 e. The molecule has 0 spiro atoms. The van der Waals surface area contributed by atoms with Gasteiger partial charge >= 0.3 is 5.97 Å². The Kier molecular flexibility index (Phi) is 7.37. The summed E-state index contributed by atoms with van der Waals surface area (Å²) in [7, 11) is 0. The van der Waals surface area contributed by atoms with Crippen LogP contribution in [-0.4, -0.2) is 27.9 Å². The first kappa shape index (κ1) is 27.5. The van der Waals surface area contributed by atoms with Crippen molar-refractivity contribution in [3.05, 3.63) is 137 Å². The van der Waals surface area contributed by atoms with Gasteiger partial charge in [0.25, 0.3) is 0 Å². The molecule has 0 atom stereocenters. The zero-order valence-electron chi connectivity index (χ0n) is 24.6. The number of rotatable bonds is 7. The Bertz CT molecular complexity index is 2060. The number of hydrogen-bond acceptors (Lipinski definition) is 4. The molecule has 2 aromatic heterocycles. The van der Waals surface area contributed by atoms with Crippen LogP contribution < -0.4 is 0 Å². The molecule has 6 aromatic rings. The van der Waals surface area contributed by atoms with Crippen molar-refractivity contribution in [2.75, 3.05) is 6.61 Å². The van der Waals surface area contributed by atoms with Gasteiger partial charge in [0.2, 0.25) is 5.78 Å². The highest BCUT2D eigenvalue weighted by Gasteiger charge is 2.28. The lowest BCUT2D eigenvalue weighted by Gasteiger charge is -2.22. The van der Waals surface area contributed by atoms with Crippen molar-refractivity contribution in [1.29, 1.82) is 0 Å². The number of nitrogens with zero attached hydrogens (tertiary/aromatic N) is 2. The number of ketones is 1. The van der Waals surface area contributed by atoms with Crippen LogP contribution in [-0.2, 0) is 17.7 Å². The minimum Gasteiger partial charge on any atom is -0.454 e. The maximum absolute atomic E-state index is 14.0. The molecule has 0 saturated carbocycles. The first-order chi connectivity index (χ1) is 21.6. The number of para-hydroxylation sites is 2. The van der Waals surface area contributed by atoms with E-state index in [1.807, 2.05) is 97.1 Å². The number of carbonyl (C=O) groups is 2. The molecule has 5 heteroatoms. The van der Waals surface area contributed by atoms with Crippen molar-refractivity contribution in [3.8, 4) is 11.3 Å². The highest BCUT2D eigenvalue weighted by atomic mass is 16.5. The second kappa shape index (κ2) is 11.8. The molecular formula is C39H32N2O3. The molecule has 0 radical (unpaired) electrons. The molecule has 0 aliphatic heterocycles. The van der Waals surface area contributed by atoms with Gasteiger partial charge in [0.1, 0.15) is 0 Å². The van der Waals surface area contributed by atoms with Crippen molar-refractivity contribution in [2.45, 2.75) is 32.7 Å². The molecular weight excluding hydrogens is 544 g/mol. The van der Waals surface area contributed by atoms with Crippen molar-refractivity contribution in [1.82, 2.24) is 9.55 Å². The van der Waals surface area contributed by atoms with E-state index < -0.39 is 5.97 Å². The summed E-state index contributed by atoms with van der Waals surface area (Å²) >= 11 is 0. The fourth-order valence-corrected chi connectivity index (χ4v) is 6.54. The number of fused-ring (bicyclic) bond motifs is 3. The van der Waals surface area contributed by atoms with Crippen LogP contribution in [0.2, 0.25) is 0 Å². The number of hydrogen-bond donors (Lipinski definition) is 0. The van der Waals surface area contributed by atoms with E-state index in [9.17, 15) is 9.59 Å². The predicted molar refractivity (Wildman–Crippen MR) is 177 cm³/mol. The molecule has 216 valence electrons. The van der Waals surface area contributed by atoms with Crippen LogP contribution in [0.25, 0.3) is 44.7 Å². The summed E-state index contributed by atoms with van der Waals surface area (Å²) in [6, 6.07) is 35.7. The second-order valence-corrected chi connectivity index (χ2v) is 11.1. The van der Waals surface area contributed by atoms with Gasteiger partial charge in [-0.2, -0.15) is 0 Å². The molecule has 0 amide bonds. The fourth-order valence-electron chi connectivity index (χ4n) is 6.54. The molecule has 0 N–H and O–H groups in total. The Hall–Kier alpha value is -5.29. The van der Waals surface area contributed by atoms with E-state index in [4.69, 9.17) is 9.72 Å². The third kappa shape index (κ3) is 4.90. The van der Waals surface area contributed by atoms with Gasteiger partial charge in [-0.25, -0.2) is 9.78 Å². The van der Waals surface area contributed by atoms with Gasteiger partial charge in [-0.05, 0) is 66.7 Å². The number of pyridine rings is 1. The third-order valence-electron chi connectivity index (χ3n) is 8.46. The summed E-state index contributed by atoms with van der Waals surface area (Å²) in [5.41, 5.74) is 8.54. The highest BCUT2D eigenvalue weighted by Crippen LogP contribution is 2.37. The van der Waals surface area contributed by atoms with Crippen LogP contribution >= 0.6 is 0 Å². The van der Waals surface area contributed by atoms with Crippen molar-refractivity contribution < 1.29 is 14.3 Å². The molecule has 4 aromatic carbocycles. The van der Waals surface area contributed by atoms with Gasteiger partial charge in [-0.1, -0.05) is 97.1 Å². The fraction of sp³-hybridized carbons (Fsp3) is 0.154. The first-order valence-corrected chi connectivity index (χ1v) is 15.2. The van der Waals surface area contributed by atoms with Crippen molar-refractivity contribution in [2.24, 2.45) is 0 Å². The van der Waals surface area contributed by atoms with Crippen LogP contribution in [0, 0.1) is 0 Å². The summed E-state index contributed by atoms with van der Waals surface area (Å²) < 4.78 is 8.07. The standard InChI is InChI=1S/C39H32N2O3/c1-2-41-33-23-12-10-20-30(33)36(38(41)27-16-7-4-8-17-27)34(42)25-44-39(43)35-29-19-9-11-22-32(29)40-37-28(18-13-21-31(35)37)24-26-14-5-3-6-15-26/h3-12,14-17,19-20,22-24H,2,13,18,21,25H2,1H3/b28-24-. The average molecular weight is 577 g/mol. The zero-order chi connectivity index (χ0) is 30.0. The number of allylic oxidation sites excluding steroid dienone is 1. The average Bonchev–Trinajstić information content (AvgIpc) is 3.41. The molecule has 44 heavy (non-hydrogen) atoms. The van der Waals surface area contributed by atoms with Gasteiger partial charge in [-0.15, -0.1) is 0 Å². The smallest absolute Gasteiger partial charge is 0.339 e. The van der Waals surface area contributed by atoms with Crippen molar-refractivity contribution in [3.63, 3.8) is 0 Å². The van der Waals surface area contributed by atoms with Gasteiger partial charge in [0, 0.05) is 22.8 Å². The molecule has 7 rings (SSSR count). The van der Waals surface area contributed by atoms with Crippen LogP contribution in [0.15, 0.2) is 109 Å². The summed E-state index contributed by atoms with van der Waals surface area (Å²) in [4.78, 5) is 33.0. The van der Waals surface area contributed by atoms with E-state index >= 15 is 0 Å². The number of Topliss-reactive ketones (excluding diaryl/α,β-unsaturated/α-hetero) is 1. The van der Waals surface area contributed by atoms with Gasteiger partial charge in [-0.3, -0.25) is 4.79 Å². The molecule has 0 fully saturated rings. The number of aromatic nitrogens is 2. The third-order valence-corrected chi connectivity index (χ3v) is 8.46. The molecule has 2 heterocycles. The van der Waals surface area contributed by atoms with Gasteiger partial charge in [0.15, 0.2) is 6.61 Å². The van der Waals surface area contributed by atoms with Gasteiger partial charge in [0.05, 0.1) is 28.0 Å². The Morgan fingerprint density at radius 2 is 1.48 bits per heavy atom. The van der Waals surface area contributed by atoms with E-state index in [-0.39, 0.29) is 12.4 Å². The Morgan fingerprint density at radius 1 is 0.795 bits per heavy atom. The number of benzene rings is 4. The quantitative estimate of drug-likeness (QED) is 0.141. The predicted octanol–water partition coefficient (Wildman–Crippen LogP) is 8.79. The minimum atomic E-state index is -0.491. The SMILES string of the molecule is CCn1c(-c2ccccc2)c(C(=O)COC(=O)c2c3c(nc4ccccc24)/C(=C\c2ccccc2)CCC3)c2ccccc21. The highest BCUT2D eigenvalue weighted by molar-refractivity contribution is 6.15. The minimum absolute atomic E-state index is 0.225. The lowest BCUT2D eigenvalue weighted by atomic mass is 9.86. The lowest BCUT2D eigenvalue weighted by molar-refractivity contribution is 0.0476. The second-order valence-electron chi connectivity index (χ2n) is 11.1. The molecule has 1 aliphatic carbocycles. The van der Waals surface area contributed by atoms with Crippen LogP contribution in [0.5, 0.6) is 0 Å². The topological polar surface area (TPSA) is 61.2 Å². The Labute approximate surface area is 256 Å². The molecule has 1 aliphatic rings. The van der Waals surface area contributed by atoms with E-state index in [1.165, 1.54) is 0 Å². The summed E-state index contributed by atoms with van der Waals surface area (Å²) in [6.45, 7) is 2.42. The Balaban J connectivity index is 1.27. The van der Waals surface area contributed by atoms with Crippen LogP contribution in [0.4, 0.5) is 0 Å². The number of carbonyl (C=O) groups excluding carboxylic acids is 2. The van der Waals surface area contributed by atoms with E-state index in [0.29, 0.717) is 17.7 Å². The van der Waals surface area contributed by atoms with Gasteiger partial charge < -0.3 is 9.30 Å². The Morgan fingerprint density at radius 3 is 2.25 bits per heavy atom. The summed E-state index contributed by atoms with van der Waals surface area (Å²) in [6.07, 6.45) is 4.67. The zero-order valence-corrected chi connectivity index (χ0v) is 24.6. The first-order valence-electron chi connectivity index (χ1n) is 15.2. The number of aryl methyl sites for hydroxylation is 1. The van der Waals surface area contributed by atoms with Crippen molar-refractivity contribution >= 4 is 45.2 Å². The van der Waals surface area contributed by atoms with Crippen LogP contribution in [0.3, 0.4) is 0 Å². The van der Waals surface area contributed by atoms with E-state index in [1.54, 1.807) is 0 Å². The maximum Gasteiger partial charge on any atom is 0.339 e. The van der Waals surface area contributed by atoms with Crippen LogP contribution in [0.1, 0.15) is 57.3 Å². The molecule has 0 unspecified atom stereocenters. The number of ether oxygens (including phenoxy) is 1. The molecule has 0 bridgehead atoms. The molecule has 0 saturated heterocycles. The maximum atomic E-state index is 14.0. The summed E-state index contributed by atoms with van der Waals surface area (Å²) in [5, 5.41) is 1.61. The van der Waals surface area contributed by atoms with E-state index in [0.717, 1.165) is 74.7 Å². The normalized spacial score (nSPS) is 13.7. The lowest BCUT2D eigenvalue weighted by Crippen LogP contribution is -2.19. The number of esters is 1.